The standard InChI is InChI=1S/C13H20N4/c1-17-8-7-11(10-17)9-15-13(14)16-12-5-3-2-4-6-12/h2-6,11H,7-10H2,1H3,(H3,14,15,16)/t11-/m0/s1. The number of hydrogen-bond donors (Lipinski definition) is 2. The van der Waals surface area contributed by atoms with E-state index in [1.807, 2.05) is 30.3 Å². The molecule has 0 saturated carbocycles. The molecule has 1 saturated heterocycles. The molecule has 0 bridgehead atoms. The van der Waals surface area contributed by atoms with Crippen molar-refractivity contribution < 1.29 is 0 Å². The zero-order chi connectivity index (χ0) is 12.1. The number of hydrogen-bond acceptors (Lipinski definition) is 2. The van der Waals surface area contributed by atoms with E-state index in [-0.39, 0.29) is 0 Å². The molecule has 0 aromatic heterocycles. The Morgan fingerprint density at radius 1 is 1.47 bits per heavy atom. The Balaban J connectivity index is 1.81. The van der Waals surface area contributed by atoms with Crippen molar-refractivity contribution in [1.29, 1.82) is 0 Å². The lowest BCUT2D eigenvalue weighted by atomic mass is 10.1. The molecule has 4 heteroatoms. The summed E-state index contributed by atoms with van der Waals surface area (Å²) in [5.41, 5.74) is 6.83. The summed E-state index contributed by atoms with van der Waals surface area (Å²) < 4.78 is 0. The fourth-order valence-electron chi connectivity index (χ4n) is 2.11. The smallest absolute Gasteiger partial charge is 0.193 e. The van der Waals surface area contributed by atoms with E-state index in [0.717, 1.165) is 18.8 Å². The number of benzene rings is 1. The highest BCUT2D eigenvalue weighted by Gasteiger charge is 2.18. The van der Waals surface area contributed by atoms with Crippen LogP contribution in [0, 0.1) is 5.92 Å². The topological polar surface area (TPSA) is 53.6 Å². The third-order valence-electron chi connectivity index (χ3n) is 3.05. The number of nitrogens with one attached hydrogen (secondary N) is 1. The second-order valence-corrected chi connectivity index (χ2v) is 4.63. The summed E-state index contributed by atoms with van der Waals surface area (Å²) in [6.45, 7) is 3.12. The van der Waals surface area contributed by atoms with Gasteiger partial charge in [-0.15, -0.1) is 0 Å². The minimum Gasteiger partial charge on any atom is -0.370 e. The monoisotopic (exact) mass is 232 g/mol. The summed E-state index contributed by atoms with van der Waals surface area (Å²) >= 11 is 0. The molecule has 0 radical (unpaired) electrons. The van der Waals surface area contributed by atoms with E-state index < -0.39 is 0 Å². The normalized spacial score (nSPS) is 21.7. The molecule has 17 heavy (non-hydrogen) atoms. The van der Waals surface area contributed by atoms with Gasteiger partial charge in [0.1, 0.15) is 0 Å². The lowest BCUT2D eigenvalue weighted by molar-refractivity contribution is 0.397. The fraction of sp³-hybridized carbons (Fsp3) is 0.462. The van der Waals surface area contributed by atoms with Gasteiger partial charge in [0.25, 0.3) is 0 Å². The molecule has 1 atom stereocenters. The van der Waals surface area contributed by atoms with Crippen LogP contribution in [0.3, 0.4) is 0 Å². The summed E-state index contributed by atoms with van der Waals surface area (Å²) in [5, 5.41) is 3.09. The molecule has 0 spiro atoms. The molecule has 0 aliphatic carbocycles. The first kappa shape index (κ1) is 11.9. The van der Waals surface area contributed by atoms with Crippen LogP contribution in [0.1, 0.15) is 6.42 Å². The van der Waals surface area contributed by atoms with Crippen LogP contribution in [0.25, 0.3) is 0 Å². The molecule has 0 unspecified atom stereocenters. The molecule has 0 amide bonds. The molecular weight excluding hydrogens is 212 g/mol. The van der Waals surface area contributed by atoms with Gasteiger partial charge in [0, 0.05) is 18.8 Å². The molecule has 4 nitrogen and oxygen atoms in total. The van der Waals surface area contributed by atoms with E-state index in [1.165, 1.54) is 13.0 Å². The number of guanidine groups is 1. The van der Waals surface area contributed by atoms with Crippen LogP contribution in [0.5, 0.6) is 0 Å². The number of likely N-dealkylation sites (tertiary alicyclic amines) is 1. The lowest BCUT2D eigenvalue weighted by Gasteiger charge is -2.09. The Morgan fingerprint density at radius 2 is 2.24 bits per heavy atom. The van der Waals surface area contributed by atoms with Crippen molar-refractivity contribution in [3.05, 3.63) is 30.3 Å². The van der Waals surface area contributed by atoms with Gasteiger partial charge >= 0.3 is 0 Å². The minimum atomic E-state index is 0.505. The van der Waals surface area contributed by atoms with Gasteiger partial charge in [0.2, 0.25) is 0 Å². The largest absolute Gasteiger partial charge is 0.370 e. The third kappa shape index (κ3) is 3.75. The van der Waals surface area contributed by atoms with Crippen LogP contribution in [0.4, 0.5) is 5.69 Å². The van der Waals surface area contributed by atoms with Gasteiger partial charge in [-0.2, -0.15) is 0 Å². The van der Waals surface area contributed by atoms with Crippen LogP contribution >= 0.6 is 0 Å². The molecule has 1 heterocycles. The van der Waals surface area contributed by atoms with Gasteiger partial charge in [0.05, 0.1) is 0 Å². The van der Waals surface area contributed by atoms with Gasteiger partial charge in [0.15, 0.2) is 5.96 Å². The summed E-state index contributed by atoms with van der Waals surface area (Å²) in [4.78, 5) is 6.73. The summed E-state index contributed by atoms with van der Waals surface area (Å²) in [7, 11) is 2.15. The van der Waals surface area contributed by atoms with Gasteiger partial charge < -0.3 is 16.0 Å². The lowest BCUT2D eigenvalue weighted by Crippen LogP contribution is -2.24. The number of nitrogens with two attached hydrogens (primary N) is 1. The molecule has 1 fully saturated rings. The zero-order valence-electron chi connectivity index (χ0n) is 10.3. The SMILES string of the molecule is CN1CC[C@@H](CN=C(N)Nc2ccccc2)C1. The van der Waals surface area contributed by atoms with E-state index in [9.17, 15) is 0 Å². The zero-order valence-corrected chi connectivity index (χ0v) is 10.3. The molecule has 1 aromatic rings. The van der Waals surface area contributed by atoms with Crippen molar-refractivity contribution in [2.45, 2.75) is 6.42 Å². The van der Waals surface area contributed by atoms with Gasteiger partial charge in [-0.25, -0.2) is 0 Å². The van der Waals surface area contributed by atoms with Crippen molar-refractivity contribution in [2.75, 3.05) is 32.0 Å². The van der Waals surface area contributed by atoms with Gasteiger partial charge in [-0.3, -0.25) is 4.99 Å². The fourth-order valence-corrected chi connectivity index (χ4v) is 2.11. The number of rotatable bonds is 3. The summed E-state index contributed by atoms with van der Waals surface area (Å²) in [6.07, 6.45) is 1.22. The maximum atomic E-state index is 5.84. The predicted molar refractivity (Wildman–Crippen MR) is 72.2 cm³/mol. The highest BCUT2D eigenvalue weighted by Crippen LogP contribution is 2.14. The summed E-state index contributed by atoms with van der Waals surface area (Å²) in [5.74, 6) is 1.15. The molecule has 3 N–H and O–H groups in total. The maximum Gasteiger partial charge on any atom is 0.193 e. The van der Waals surface area contributed by atoms with Crippen LogP contribution < -0.4 is 11.1 Å². The Hall–Kier alpha value is -1.55. The molecular formula is C13H20N4. The quantitative estimate of drug-likeness (QED) is 0.611. The van der Waals surface area contributed by atoms with E-state index in [0.29, 0.717) is 11.9 Å². The first-order chi connectivity index (χ1) is 8.24. The van der Waals surface area contributed by atoms with Crippen molar-refractivity contribution in [3.63, 3.8) is 0 Å². The second kappa shape index (κ2) is 5.68. The second-order valence-electron chi connectivity index (χ2n) is 4.63. The van der Waals surface area contributed by atoms with Crippen LogP contribution in [-0.4, -0.2) is 37.5 Å². The van der Waals surface area contributed by atoms with Gasteiger partial charge in [-0.05, 0) is 38.1 Å². The Labute approximate surface area is 103 Å². The first-order valence-corrected chi connectivity index (χ1v) is 6.04. The van der Waals surface area contributed by atoms with Crippen LogP contribution in [-0.2, 0) is 0 Å². The van der Waals surface area contributed by atoms with Gasteiger partial charge in [-0.1, -0.05) is 18.2 Å². The van der Waals surface area contributed by atoms with E-state index in [2.05, 4.69) is 22.3 Å². The Bertz CT molecular complexity index is 374. The minimum absolute atomic E-state index is 0.505. The highest BCUT2D eigenvalue weighted by atomic mass is 15.1. The molecule has 1 aliphatic rings. The number of anilines is 1. The summed E-state index contributed by atoms with van der Waals surface area (Å²) in [6, 6.07) is 9.88. The molecule has 92 valence electrons. The average molecular weight is 232 g/mol. The first-order valence-electron chi connectivity index (χ1n) is 6.04. The van der Waals surface area contributed by atoms with Crippen molar-refractivity contribution in [3.8, 4) is 0 Å². The Morgan fingerprint density at radius 3 is 2.88 bits per heavy atom. The van der Waals surface area contributed by atoms with Crippen LogP contribution in [0.15, 0.2) is 35.3 Å². The van der Waals surface area contributed by atoms with E-state index in [1.54, 1.807) is 0 Å². The maximum absolute atomic E-state index is 5.84. The molecule has 1 aromatic carbocycles. The van der Waals surface area contributed by atoms with Crippen molar-refractivity contribution in [2.24, 2.45) is 16.6 Å². The average Bonchev–Trinajstić information content (AvgIpc) is 2.74. The van der Waals surface area contributed by atoms with Crippen LogP contribution in [0.2, 0.25) is 0 Å². The predicted octanol–water partition coefficient (Wildman–Crippen LogP) is 1.36. The van der Waals surface area contributed by atoms with E-state index in [4.69, 9.17) is 5.73 Å². The molecule has 2 rings (SSSR count). The van der Waals surface area contributed by atoms with E-state index >= 15 is 0 Å². The number of aliphatic imine (C=N–C) groups is 1. The molecule has 1 aliphatic heterocycles. The number of nitrogens with zero attached hydrogens (tertiary/aromatic N) is 2. The van der Waals surface area contributed by atoms with Crippen molar-refractivity contribution in [1.82, 2.24) is 4.90 Å². The van der Waals surface area contributed by atoms with Crippen molar-refractivity contribution >= 4 is 11.6 Å². The highest BCUT2D eigenvalue weighted by molar-refractivity contribution is 5.92. The third-order valence-corrected chi connectivity index (χ3v) is 3.05. The Kier molecular flexibility index (Phi) is 3.98. The number of para-hydroxylation sites is 1.